The molecule has 2 aromatic carbocycles. The van der Waals surface area contributed by atoms with Crippen molar-refractivity contribution in [2.75, 3.05) is 38.5 Å². The predicted octanol–water partition coefficient (Wildman–Crippen LogP) is 2.34. The Hall–Kier alpha value is -2.42. The monoisotopic (exact) mass is 417 g/mol. The second kappa shape index (κ2) is 8.94. The SMILES string of the molecule is Cc1cccc(O[C@@H](C)C(=O)Nc2ccc(S(=O)(=O)N3CCN(C)CC3)cc2)c1. The first kappa shape index (κ1) is 21.3. The fraction of sp³-hybridized carbons (Fsp3) is 0.381. The lowest BCUT2D eigenvalue weighted by atomic mass is 10.2. The number of rotatable bonds is 6. The Morgan fingerprint density at radius 3 is 2.34 bits per heavy atom. The van der Waals surface area contributed by atoms with Crippen LogP contribution in [-0.2, 0) is 14.8 Å². The number of piperazine rings is 1. The van der Waals surface area contributed by atoms with Crippen molar-refractivity contribution in [3.63, 3.8) is 0 Å². The lowest BCUT2D eigenvalue weighted by Gasteiger charge is -2.31. The van der Waals surface area contributed by atoms with Crippen LogP contribution < -0.4 is 10.1 Å². The van der Waals surface area contributed by atoms with Gasteiger partial charge in [-0.15, -0.1) is 0 Å². The standard InChI is InChI=1S/C21H27N3O4S/c1-16-5-4-6-19(15-16)28-17(2)21(25)22-18-7-9-20(10-8-18)29(26,27)24-13-11-23(3)12-14-24/h4-10,15,17H,11-14H2,1-3H3,(H,22,25)/t17-/m0/s1. The molecule has 0 spiro atoms. The van der Waals surface area contributed by atoms with Gasteiger partial charge >= 0.3 is 0 Å². The average Bonchev–Trinajstić information content (AvgIpc) is 2.68. The number of likely N-dealkylation sites (N-methyl/N-ethyl adjacent to an activating group) is 1. The third-order valence-electron chi connectivity index (χ3n) is 4.89. The Balaban J connectivity index is 1.61. The summed E-state index contributed by atoms with van der Waals surface area (Å²) in [6.07, 6.45) is -0.689. The van der Waals surface area contributed by atoms with E-state index in [0.717, 1.165) is 5.56 Å². The number of hydrogen-bond acceptors (Lipinski definition) is 5. The molecule has 1 N–H and O–H groups in total. The molecule has 0 saturated carbocycles. The van der Waals surface area contributed by atoms with Crippen LogP contribution in [0.15, 0.2) is 53.4 Å². The summed E-state index contributed by atoms with van der Waals surface area (Å²) in [6.45, 7) is 6.01. The van der Waals surface area contributed by atoms with E-state index in [1.54, 1.807) is 25.1 Å². The highest BCUT2D eigenvalue weighted by atomic mass is 32.2. The molecule has 1 fully saturated rings. The Kier molecular flexibility index (Phi) is 6.56. The minimum Gasteiger partial charge on any atom is -0.481 e. The molecule has 29 heavy (non-hydrogen) atoms. The minimum atomic E-state index is -3.52. The number of hydrogen-bond donors (Lipinski definition) is 1. The van der Waals surface area contributed by atoms with Crippen molar-refractivity contribution in [2.24, 2.45) is 0 Å². The number of sulfonamides is 1. The normalized spacial score (nSPS) is 16.9. The topological polar surface area (TPSA) is 78.9 Å². The highest BCUT2D eigenvalue weighted by molar-refractivity contribution is 7.89. The fourth-order valence-corrected chi connectivity index (χ4v) is 4.50. The first-order valence-corrected chi connectivity index (χ1v) is 11.0. The second-order valence-corrected chi connectivity index (χ2v) is 9.24. The molecule has 0 aromatic heterocycles. The quantitative estimate of drug-likeness (QED) is 0.781. The molecule has 0 unspecified atom stereocenters. The van der Waals surface area contributed by atoms with Gasteiger partial charge in [-0.1, -0.05) is 12.1 Å². The van der Waals surface area contributed by atoms with Crippen molar-refractivity contribution in [1.82, 2.24) is 9.21 Å². The Morgan fingerprint density at radius 2 is 1.72 bits per heavy atom. The highest BCUT2D eigenvalue weighted by Crippen LogP contribution is 2.20. The van der Waals surface area contributed by atoms with Gasteiger partial charge in [-0.2, -0.15) is 4.31 Å². The Labute approximate surface area is 172 Å². The van der Waals surface area contributed by atoms with E-state index in [-0.39, 0.29) is 10.8 Å². The van der Waals surface area contributed by atoms with Gasteiger partial charge < -0.3 is 15.0 Å². The van der Waals surface area contributed by atoms with Crippen LogP contribution in [0, 0.1) is 6.92 Å². The van der Waals surface area contributed by atoms with Gasteiger partial charge in [0.2, 0.25) is 10.0 Å². The van der Waals surface area contributed by atoms with Gasteiger partial charge in [0, 0.05) is 31.9 Å². The molecular formula is C21H27N3O4S. The molecule has 1 aliphatic rings. The molecule has 1 heterocycles. The van der Waals surface area contributed by atoms with Crippen LogP contribution in [0.2, 0.25) is 0 Å². The third-order valence-corrected chi connectivity index (χ3v) is 6.81. The molecule has 1 atom stereocenters. The predicted molar refractivity (Wildman–Crippen MR) is 113 cm³/mol. The molecule has 2 aromatic rings. The number of carbonyl (C=O) groups is 1. The van der Waals surface area contributed by atoms with Crippen LogP contribution in [0.5, 0.6) is 5.75 Å². The molecule has 1 aliphatic heterocycles. The average molecular weight is 418 g/mol. The first-order chi connectivity index (χ1) is 13.8. The van der Waals surface area contributed by atoms with E-state index < -0.39 is 16.1 Å². The Morgan fingerprint density at radius 1 is 1.07 bits per heavy atom. The number of amides is 1. The number of nitrogens with one attached hydrogen (secondary N) is 1. The summed E-state index contributed by atoms with van der Waals surface area (Å²) in [6, 6.07) is 13.7. The number of ether oxygens (including phenoxy) is 1. The van der Waals surface area contributed by atoms with Gasteiger partial charge in [-0.3, -0.25) is 4.79 Å². The van der Waals surface area contributed by atoms with Crippen molar-refractivity contribution in [2.45, 2.75) is 24.8 Å². The van der Waals surface area contributed by atoms with Gasteiger partial charge in [0.15, 0.2) is 6.10 Å². The summed E-state index contributed by atoms with van der Waals surface area (Å²) >= 11 is 0. The van der Waals surface area contributed by atoms with Crippen molar-refractivity contribution in [3.05, 3.63) is 54.1 Å². The zero-order valence-electron chi connectivity index (χ0n) is 17.0. The van der Waals surface area contributed by atoms with Crippen LogP contribution in [0.25, 0.3) is 0 Å². The van der Waals surface area contributed by atoms with E-state index in [0.29, 0.717) is 37.6 Å². The van der Waals surface area contributed by atoms with Crippen molar-refractivity contribution >= 4 is 21.6 Å². The van der Waals surface area contributed by atoms with Crippen molar-refractivity contribution in [1.29, 1.82) is 0 Å². The van der Waals surface area contributed by atoms with Crippen LogP contribution in [-0.4, -0.2) is 62.9 Å². The summed E-state index contributed by atoms with van der Waals surface area (Å²) in [5.74, 6) is 0.322. The molecule has 0 bridgehead atoms. The summed E-state index contributed by atoms with van der Waals surface area (Å²) < 4.78 is 32.7. The van der Waals surface area contributed by atoms with Gasteiger partial charge in [0.05, 0.1) is 4.90 Å². The smallest absolute Gasteiger partial charge is 0.265 e. The van der Waals surface area contributed by atoms with Gasteiger partial charge in [-0.05, 0) is 62.9 Å². The zero-order chi connectivity index (χ0) is 21.0. The number of nitrogens with zero attached hydrogens (tertiary/aromatic N) is 2. The van der Waals surface area contributed by atoms with Crippen LogP contribution in [0.1, 0.15) is 12.5 Å². The number of aryl methyl sites for hydroxylation is 1. The second-order valence-electron chi connectivity index (χ2n) is 7.30. The Bertz CT molecular complexity index is 952. The van der Waals surface area contributed by atoms with E-state index in [1.165, 1.54) is 16.4 Å². The van der Waals surface area contributed by atoms with Crippen LogP contribution >= 0.6 is 0 Å². The number of carbonyl (C=O) groups excluding carboxylic acids is 1. The maximum absolute atomic E-state index is 12.8. The molecule has 1 amide bonds. The number of benzene rings is 2. The lowest BCUT2D eigenvalue weighted by Crippen LogP contribution is -2.46. The molecular weight excluding hydrogens is 390 g/mol. The first-order valence-electron chi connectivity index (χ1n) is 9.58. The van der Waals surface area contributed by atoms with Crippen molar-refractivity contribution < 1.29 is 17.9 Å². The minimum absolute atomic E-state index is 0.226. The molecule has 1 saturated heterocycles. The van der Waals surface area contributed by atoms with E-state index in [4.69, 9.17) is 4.74 Å². The zero-order valence-corrected chi connectivity index (χ0v) is 17.8. The third kappa shape index (κ3) is 5.35. The molecule has 156 valence electrons. The molecule has 0 aliphatic carbocycles. The fourth-order valence-electron chi connectivity index (χ4n) is 3.08. The van der Waals surface area contributed by atoms with E-state index in [2.05, 4.69) is 10.2 Å². The summed E-state index contributed by atoms with van der Waals surface area (Å²) in [5.41, 5.74) is 1.57. The molecule has 8 heteroatoms. The largest absolute Gasteiger partial charge is 0.481 e. The summed E-state index contributed by atoms with van der Waals surface area (Å²) in [4.78, 5) is 14.7. The maximum Gasteiger partial charge on any atom is 0.265 e. The van der Waals surface area contributed by atoms with Gasteiger partial charge in [0.25, 0.3) is 5.91 Å². The van der Waals surface area contributed by atoms with E-state index >= 15 is 0 Å². The van der Waals surface area contributed by atoms with Crippen LogP contribution in [0.3, 0.4) is 0 Å². The lowest BCUT2D eigenvalue weighted by molar-refractivity contribution is -0.122. The molecule has 3 rings (SSSR count). The maximum atomic E-state index is 12.8. The van der Waals surface area contributed by atoms with Gasteiger partial charge in [0.1, 0.15) is 5.75 Å². The summed E-state index contributed by atoms with van der Waals surface area (Å²) in [5, 5.41) is 2.76. The van der Waals surface area contributed by atoms with E-state index in [9.17, 15) is 13.2 Å². The summed E-state index contributed by atoms with van der Waals surface area (Å²) in [7, 11) is -1.55. The highest BCUT2D eigenvalue weighted by Gasteiger charge is 2.27. The van der Waals surface area contributed by atoms with Crippen molar-refractivity contribution in [3.8, 4) is 5.75 Å². The van der Waals surface area contributed by atoms with Gasteiger partial charge in [-0.25, -0.2) is 8.42 Å². The van der Waals surface area contributed by atoms with Crippen LogP contribution in [0.4, 0.5) is 5.69 Å². The molecule has 0 radical (unpaired) electrons. The van der Waals surface area contributed by atoms with E-state index in [1.807, 2.05) is 32.2 Å². The molecule has 7 nitrogen and oxygen atoms in total. The number of anilines is 1.